The number of carbonyl (C=O) groups excluding carboxylic acids is 1. The molecule has 0 fully saturated rings. The van der Waals surface area contributed by atoms with E-state index in [0.717, 1.165) is 17.3 Å². The number of nitrogens with zero attached hydrogens (tertiary/aromatic N) is 1. The maximum Gasteiger partial charge on any atom is 0.413 e. The van der Waals surface area contributed by atoms with E-state index in [9.17, 15) is 4.79 Å². The van der Waals surface area contributed by atoms with Gasteiger partial charge in [-0.15, -0.1) is 0 Å². The van der Waals surface area contributed by atoms with Gasteiger partial charge in [-0.25, -0.2) is 9.78 Å². The Kier molecular flexibility index (Phi) is 4.93. The normalized spacial score (nSPS) is 11.1. The number of halogens is 1. The van der Waals surface area contributed by atoms with Crippen LogP contribution in [-0.4, -0.2) is 22.0 Å². The Labute approximate surface area is 110 Å². The second kappa shape index (κ2) is 6.00. The highest BCUT2D eigenvalue weighted by Crippen LogP contribution is 2.12. The Morgan fingerprint density at radius 3 is 2.82 bits per heavy atom. The molecule has 5 heteroatoms. The van der Waals surface area contributed by atoms with E-state index in [1.807, 2.05) is 32.9 Å². The summed E-state index contributed by atoms with van der Waals surface area (Å²) in [6.45, 7) is 5.46. The average Bonchev–Trinajstić information content (AvgIpc) is 2.15. The molecule has 0 radical (unpaired) electrons. The van der Waals surface area contributed by atoms with Crippen LogP contribution < -0.4 is 5.32 Å². The summed E-state index contributed by atoms with van der Waals surface area (Å²) < 4.78 is 5.14. The Morgan fingerprint density at radius 2 is 2.24 bits per heavy atom. The number of carbonyl (C=O) groups is 1. The van der Waals surface area contributed by atoms with Crippen molar-refractivity contribution in [3.05, 3.63) is 23.9 Å². The number of rotatable bonds is 3. The fourth-order valence-corrected chi connectivity index (χ4v) is 1.67. The molecular formula is C12H17BrN2O2. The summed E-state index contributed by atoms with van der Waals surface area (Å²) in [5.74, 6) is 0.512. The fourth-order valence-electron chi connectivity index (χ4n) is 1.22. The van der Waals surface area contributed by atoms with Crippen molar-refractivity contribution in [2.75, 3.05) is 10.6 Å². The first-order valence-corrected chi connectivity index (χ1v) is 6.54. The summed E-state index contributed by atoms with van der Waals surface area (Å²) >= 11 is 3.37. The molecule has 0 unspecified atom stereocenters. The number of aromatic nitrogens is 1. The predicted molar refractivity (Wildman–Crippen MR) is 71.6 cm³/mol. The molecule has 1 aromatic heterocycles. The monoisotopic (exact) mass is 300 g/mol. The number of amides is 1. The van der Waals surface area contributed by atoms with Crippen molar-refractivity contribution < 1.29 is 9.53 Å². The molecule has 4 nitrogen and oxygen atoms in total. The van der Waals surface area contributed by atoms with E-state index in [2.05, 4.69) is 26.2 Å². The van der Waals surface area contributed by atoms with Gasteiger partial charge >= 0.3 is 6.09 Å². The average molecular weight is 301 g/mol. The Bertz CT molecular complexity index is 388. The highest BCUT2D eigenvalue weighted by Gasteiger charge is 2.16. The van der Waals surface area contributed by atoms with Gasteiger partial charge in [0.2, 0.25) is 0 Å². The minimum atomic E-state index is -0.502. The molecule has 0 atom stereocenters. The Morgan fingerprint density at radius 1 is 1.53 bits per heavy atom. The first-order chi connectivity index (χ1) is 7.90. The molecule has 1 rings (SSSR count). The van der Waals surface area contributed by atoms with E-state index in [-0.39, 0.29) is 0 Å². The third kappa shape index (κ3) is 5.68. The maximum absolute atomic E-state index is 11.5. The molecule has 0 bridgehead atoms. The van der Waals surface area contributed by atoms with Crippen LogP contribution in [0.5, 0.6) is 0 Å². The van der Waals surface area contributed by atoms with Crippen molar-refractivity contribution in [3.63, 3.8) is 0 Å². The quantitative estimate of drug-likeness (QED) is 0.871. The summed E-state index contributed by atoms with van der Waals surface area (Å²) in [5.41, 5.74) is 0.611. The van der Waals surface area contributed by atoms with Crippen molar-refractivity contribution in [2.24, 2.45) is 0 Å². The van der Waals surface area contributed by atoms with Gasteiger partial charge in [-0.05, 0) is 44.9 Å². The van der Waals surface area contributed by atoms with Gasteiger partial charge in [0.1, 0.15) is 11.4 Å². The summed E-state index contributed by atoms with van der Waals surface area (Å²) in [6, 6.07) is 3.76. The van der Waals surface area contributed by atoms with Crippen LogP contribution in [0.25, 0.3) is 0 Å². The smallest absolute Gasteiger partial charge is 0.413 e. The van der Waals surface area contributed by atoms with Crippen LogP contribution in [0.4, 0.5) is 10.6 Å². The van der Waals surface area contributed by atoms with Gasteiger partial charge in [0.25, 0.3) is 0 Å². The lowest BCUT2D eigenvalue weighted by molar-refractivity contribution is 0.0635. The van der Waals surface area contributed by atoms with E-state index in [1.54, 1.807) is 6.20 Å². The zero-order valence-electron chi connectivity index (χ0n) is 10.3. The Balaban J connectivity index is 2.62. The van der Waals surface area contributed by atoms with Gasteiger partial charge in [0.15, 0.2) is 0 Å². The highest BCUT2D eigenvalue weighted by molar-refractivity contribution is 9.09. The zero-order valence-corrected chi connectivity index (χ0v) is 11.9. The molecule has 17 heavy (non-hydrogen) atoms. The van der Waals surface area contributed by atoms with E-state index >= 15 is 0 Å². The summed E-state index contributed by atoms with van der Waals surface area (Å²) in [6.07, 6.45) is 2.08. The summed E-state index contributed by atoms with van der Waals surface area (Å²) in [4.78, 5) is 15.6. The molecule has 0 aliphatic carbocycles. The van der Waals surface area contributed by atoms with Gasteiger partial charge in [0.05, 0.1) is 0 Å². The van der Waals surface area contributed by atoms with Crippen LogP contribution in [0.1, 0.15) is 26.3 Å². The summed E-state index contributed by atoms with van der Waals surface area (Å²) in [5, 5.41) is 3.49. The van der Waals surface area contributed by atoms with Gasteiger partial charge in [0, 0.05) is 11.5 Å². The van der Waals surface area contributed by atoms with Gasteiger partial charge in [-0.3, -0.25) is 5.32 Å². The van der Waals surface area contributed by atoms with Crippen LogP contribution in [-0.2, 0) is 11.2 Å². The van der Waals surface area contributed by atoms with Crippen LogP contribution >= 0.6 is 15.9 Å². The first-order valence-electron chi connectivity index (χ1n) is 5.41. The molecule has 1 aromatic rings. The van der Waals surface area contributed by atoms with Crippen molar-refractivity contribution >= 4 is 27.8 Å². The molecule has 0 saturated carbocycles. The number of aryl methyl sites for hydroxylation is 1. The van der Waals surface area contributed by atoms with E-state index in [0.29, 0.717) is 5.82 Å². The molecule has 1 heterocycles. The van der Waals surface area contributed by atoms with Crippen molar-refractivity contribution in [3.8, 4) is 0 Å². The number of anilines is 1. The molecule has 0 aromatic carbocycles. The number of pyridine rings is 1. The third-order valence-electron chi connectivity index (χ3n) is 1.84. The van der Waals surface area contributed by atoms with Crippen molar-refractivity contribution in [1.29, 1.82) is 0 Å². The van der Waals surface area contributed by atoms with Crippen LogP contribution in [0.3, 0.4) is 0 Å². The number of ether oxygens (including phenoxy) is 1. The minimum absolute atomic E-state index is 0.485. The van der Waals surface area contributed by atoms with Crippen molar-refractivity contribution in [1.82, 2.24) is 4.98 Å². The number of nitrogens with one attached hydrogen (secondary N) is 1. The van der Waals surface area contributed by atoms with Crippen LogP contribution in [0.15, 0.2) is 18.3 Å². The zero-order chi connectivity index (χ0) is 12.9. The molecule has 94 valence electrons. The topological polar surface area (TPSA) is 51.2 Å². The number of hydrogen-bond acceptors (Lipinski definition) is 3. The third-order valence-corrected chi connectivity index (χ3v) is 2.23. The SMILES string of the molecule is CC(C)(C)OC(=O)Nc1cc(CCBr)ccn1. The second-order valence-electron chi connectivity index (χ2n) is 4.62. The van der Waals surface area contributed by atoms with Crippen molar-refractivity contribution in [2.45, 2.75) is 32.8 Å². The summed E-state index contributed by atoms with van der Waals surface area (Å²) in [7, 11) is 0. The maximum atomic E-state index is 11.5. The molecule has 0 saturated heterocycles. The van der Waals surface area contributed by atoms with E-state index < -0.39 is 11.7 Å². The fraction of sp³-hybridized carbons (Fsp3) is 0.500. The van der Waals surface area contributed by atoms with Gasteiger partial charge in [-0.2, -0.15) is 0 Å². The second-order valence-corrected chi connectivity index (χ2v) is 5.41. The van der Waals surface area contributed by atoms with Crippen LogP contribution in [0, 0.1) is 0 Å². The lowest BCUT2D eigenvalue weighted by Gasteiger charge is -2.19. The lowest BCUT2D eigenvalue weighted by atomic mass is 10.2. The molecule has 0 aliphatic rings. The van der Waals surface area contributed by atoms with E-state index in [4.69, 9.17) is 4.74 Å². The molecule has 1 N–H and O–H groups in total. The number of hydrogen-bond donors (Lipinski definition) is 1. The Hall–Kier alpha value is -1.10. The predicted octanol–water partition coefficient (Wildman–Crippen LogP) is 3.37. The molecular weight excluding hydrogens is 284 g/mol. The highest BCUT2D eigenvalue weighted by atomic mass is 79.9. The largest absolute Gasteiger partial charge is 0.444 e. The lowest BCUT2D eigenvalue weighted by Crippen LogP contribution is -2.27. The molecule has 1 amide bonds. The van der Waals surface area contributed by atoms with E-state index in [1.165, 1.54) is 0 Å². The minimum Gasteiger partial charge on any atom is -0.444 e. The molecule has 0 aliphatic heterocycles. The standard InChI is InChI=1S/C12H17BrN2O2/c1-12(2,3)17-11(16)15-10-8-9(4-6-13)5-7-14-10/h5,7-8H,4,6H2,1-3H3,(H,14,15,16). The number of alkyl halides is 1. The van der Waals surface area contributed by atoms with Gasteiger partial charge < -0.3 is 4.74 Å². The first kappa shape index (κ1) is 14.0. The van der Waals surface area contributed by atoms with Crippen LogP contribution in [0.2, 0.25) is 0 Å². The molecule has 0 spiro atoms. The van der Waals surface area contributed by atoms with Gasteiger partial charge in [-0.1, -0.05) is 15.9 Å².